The average Bonchev–Trinajstić information content (AvgIpc) is 2.91. The number of carboxylic acid groups (broad SMARTS) is 1. The van der Waals surface area contributed by atoms with Gasteiger partial charge in [-0.25, -0.2) is 23.0 Å². The first-order chi connectivity index (χ1) is 12.3. The number of hydrogen-bond acceptors (Lipinski definition) is 6. The van der Waals surface area contributed by atoms with Crippen molar-refractivity contribution in [3.05, 3.63) is 48.8 Å². The Morgan fingerprint density at radius 1 is 1.12 bits per heavy atom. The molecule has 3 aromatic rings. The lowest BCUT2D eigenvalue weighted by molar-refractivity contribution is 0.140. The number of primary sulfonamides is 1. The Morgan fingerprint density at radius 3 is 2.27 bits per heavy atom. The number of aromatic nitrogens is 3. The van der Waals surface area contributed by atoms with Gasteiger partial charge in [0, 0.05) is 25.0 Å². The Hall–Kier alpha value is -3.24. The molecule has 0 saturated heterocycles. The summed E-state index contributed by atoms with van der Waals surface area (Å²) in [6, 6.07) is 9.16. The van der Waals surface area contributed by atoms with Crippen LogP contribution in [0, 0.1) is 0 Å². The van der Waals surface area contributed by atoms with Gasteiger partial charge in [-0.05, 0) is 29.8 Å². The molecule has 0 bridgehead atoms. The van der Waals surface area contributed by atoms with Crippen LogP contribution in [0.25, 0.3) is 22.4 Å². The second kappa shape index (κ2) is 6.58. The van der Waals surface area contributed by atoms with Crippen LogP contribution in [0.4, 0.5) is 4.79 Å². The van der Waals surface area contributed by atoms with Gasteiger partial charge in [-0.2, -0.15) is 5.10 Å². The Balaban J connectivity index is 2.20. The zero-order valence-electron chi connectivity index (χ0n) is 13.5. The van der Waals surface area contributed by atoms with E-state index < -0.39 is 16.2 Å². The van der Waals surface area contributed by atoms with Crippen LogP contribution in [-0.2, 0) is 17.1 Å². The van der Waals surface area contributed by atoms with Crippen LogP contribution >= 0.6 is 0 Å². The largest absolute Gasteiger partial charge is 0.512 e. The minimum Gasteiger partial charge on any atom is -0.449 e. The Labute approximate surface area is 148 Å². The first kappa shape index (κ1) is 17.6. The van der Waals surface area contributed by atoms with E-state index in [1.165, 1.54) is 28.9 Å². The molecule has 26 heavy (non-hydrogen) atoms. The molecular formula is C16H14N4O5S. The van der Waals surface area contributed by atoms with Gasteiger partial charge in [0.15, 0.2) is 0 Å². The van der Waals surface area contributed by atoms with Crippen molar-refractivity contribution in [2.75, 3.05) is 0 Å². The van der Waals surface area contributed by atoms with Crippen molar-refractivity contribution in [3.63, 3.8) is 0 Å². The summed E-state index contributed by atoms with van der Waals surface area (Å²) in [6.07, 6.45) is 1.64. The third-order valence-corrected chi connectivity index (χ3v) is 4.53. The van der Waals surface area contributed by atoms with E-state index in [0.717, 1.165) is 0 Å². The van der Waals surface area contributed by atoms with Crippen molar-refractivity contribution in [1.82, 2.24) is 14.8 Å². The lowest BCUT2D eigenvalue weighted by atomic mass is 10.0. The van der Waals surface area contributed by atoms with Gasteiger partial charge in [0.1, 0.15) is 5.69 Å². The highest BCUT2D eigenvalue weighted by Gasteiger charge is 2.23. The monoisotopic (exact) mass is 374 g/mol. The molecule has 0 saturated carbocycles. The van der Waals surface area contributed by atoms with Gasteiger partial charge in [0.2, 0.25) is 15.9 Å². The number of benzene rings is 1. The van der Waals surface area contributed by atoms with Crippen LogP contribution in [0.1, 0.15) is 0 Å². The van der Waals surface area contributed by atoms with E-state index in [2.05, 4.69) is 10.1 Å². The predicted molar refractivity (Wildman–Crippen MR) is 91.9 cm³/mol. The summed E-state index contributed by atoms with van der Waals surface area (Å²) in [6.45, 7) is 0. The summed E-state index contributed by atoms with van der Waals surface area (Å²) in [5, 5.41) is 18.5. The van der Waals surface area contributed by atoms with Crippen molar-refractivity contribution < 1.29 is 23.1 Å². The fraction of sp³-hybridized carbons (Fsp3) is 0.0625. The standard InChI is InChI=1S/C16H14N4O5S/c1-20-15(25-16(21)22)13(10-6-8-18-9-7-10)14(19-20)11-2-4-12(5-3-11)26(17,23)24/h2-9H,1H3,(H,21,22)(H2,17,23,24). The minimum atomic E-state index is -3.82. The SMILES string of the molecule is Cn1nc(-c2ccc(S(N)(=O)=O)cc2)c(-c2ccncc2)c1OC(=O)O. The van der Waals surface area contributed by atoms with E-state index in [1.54, 1.807) is 31.6 Å². The zero-order valence-corrected chi connectivity index (χ0v) is 14.3. The lowest BCUT2D eigenvalue weighted by Crippen LogP contribution is -2.11. The molecular weight excluding hydrogens is 360 g/mol. The fourth-order valence-corrected chi connectivity index (χ4v) is 3.01. The van der Waals surface area contributed by atoms with E-state index >= 15 is 0 Å². The van der Waals surface area contributed by atoms with Crippen molar-refractivity contribution in [1.29, 1.82) is 0 Å². The highest BCUT2D eigenvalue weighted by molar-refractivity contribution is 7.89. The highest BCUT2D eigenvalue weighted by Crippen LogP contribution is 2.38. The zero-order chi connectivity index (χ0) is 18.9. The molecule has 0 spiro atoms. The molecule has 0 aliphatic carbocycles. The smallest absolute Gasteiger partial charge is 0.449 e. The third kappa shape index (κ3) is 3.41. The Bertz CT molecular complexity index is 1060. The number of nitrogens with zero attached hydrogens (tertiary/aromatic N) is 3. The molecule has 3 N–H and O–H groups in total. The number of carbonyl (C=O) groups is 1. The number of sulfonamides is 1. The number of ether oxygens (including phenoxy) is 1. The molecule has 0 aliphatic heterocycles. The van der Waals surface area contributed by atoms with Crippen LogP contribution in [-0.4, -0.2) is 34.4 Å². The first-order valence-corrected chi connectivity index (χ1v) is 8.83. The van der Waals surface area contributed by atoms with Gasteiger partial charge in [-0.15, -0.1) is 0 Å². The summed E-state index contributed by atoms with van der Waals surface area (Å²) in [4.78, 5) is 15.0. The molecule has 9 nitrogen and oxygen atoms in total. The van der Waals surface area contributed by atoms with Crippen LogP contribution < -0.4 is 9.88 Å². The maximum Gasteiger partial charge on any atom is 0.512 e. The lowest BCUT2D eigenvalue weighted by Gasteiger charge is -2.06. The number of hydrogen-bond donors (Lipinski definition) is 2. The summed E-state index contributed by atoms with van der Waals surface area (Å²) in [5.41, 5.74) is 2.09. The van der Waals surface area contributed by atoms with Crippen molar-refractivity contribution in [2.45, 2.75) is 4.90 Å². The van der Waals surface area contributed by atoms with Crippen LogP contribution in [0.5, 0.6) is 5.88 Å². The van der Waals surface area contributed by atoms with Crippen LogP contribution in [0.2, 0.25) is 0 Å². The molecule has 3 rings (SSSR count). The van der Waals surface area contributed by atoms with Gasteiger partial charge in [-0.3, -0.25) is 4.98 Å². The summed E-state index contributed by atoms with van der Waals surface area (Å²) in [5.74, 6) is 0.0363. The quantitative estimate of drug-likeness (QED) is 0.665. The Morgan fingerprint density at radius 2 is 1.73 bits per heavy atom. The van der Waals surface area contributed by atoms with E-state index in [1.807, 2.05) is 0 Å². The van der Waals surface area contributed by atoms with Gasteiger partial charge < -0.3 is 9.84 Å². The number of pyridine rings is 1. The molecule has 0 atom stereocenters. The highest BCUT2D eigenvalue weighted by atomic mass is 32.2. The van der Waals surface area contributed by atoms with Gasteiger partial charge in [0.25, 0.3) is 0 Å². The van der Waals surface area contributed by atoms with Gasteiger partial charge >= 0.3 is 6.16 Å². The molecule has 1 aromatic carbocycles. The molecule has 0 amide bonds. The van der Waals surface area contributed by atoms with Crippen molar-refractivity contribution >= 4 is 16.2 Å². The summed E-state index contributed by atoms with van der Waals surface area (Å²) < 4.78 is 29.0. The molecule has 0 fully saturated rings. The predicted octanol–water partition coefficient (Wildman–Crippen LogP) is 1.85. The second-order valence-corrected chi connectivity index (χ2v) is 6.89. The van der Waals surface area contributed by atoms with E-state index in [0.29, 0.717) is 22.4 Å². The summed E-state index contributed by atoms with van der Waals surface area (Å²) in [7, 11) is -2.27. The molecule has 2 heterocycles. The Kier molecular flexibility index (Phi) is 4.45. The maximum atomic E-state index is 11.4. The molecule has 0 aliphatic rings. The first-order valence-electron chi connectivity index (χ1n) is 7.29. The second-order valence-electron chi connectivity index (χ2n) is 5.33. The molecule has 2 aromatic heterocycles. The van der Waals surface area contributed by atoms with Gasteiger partial charge in [-0.1, -0.05) is 12.1 Å². The average molecular weight is 374 g/mol. The number of aryl methyl sites for hydroxylation is 1. The molecule has 134 valence electrons. The van der Waals surface area contributed by atoms with Crippen molar-refractivity contribution in [3.8, 4) is 28.3 Å². The normalized spacial score (nSPS) is 11.3. The van der Waals surface area contributed by atoms with E-state index in [4.69, 9.17) is 15.0 Å². The molecule has 0 radical (unpaired) electrons. The molecule has 0 unspecified atom stereocenters. The van der Waals surface area contributed by atoms with Crippen LogP contribution in [0.15, 0.2) is 53.7 Å². The van der Waals surface area contributed by atoms with E-state index in [-0.39, 0.29) is 10.8 Å². The number of nitrogens with two attached hydrogens (primary N) is 1. The van der Waals surface area contributed by atoms with E-state index in [9.17, 15) is 13.2 Å². The minimum absolute atomic E-state index is 0.0363. The third-order valence-electron chi connectivity index (χ3n) is 3.60. The number of rotatable bonds is 4. The summed E-state index contributed by atoms with van der Waals surface area (Å²) >= 11 is 0. The maximum absolute atomic E-state index is 11.4. The molecule has 10 heteroatoms. The fourth-order valence-electron chi connectivity index (χ4n) is 2.49. The van der Waals surface area contributed by atoms with Crippen molar-refractivity contribution in [2.24, 2.45) is 12.2 Å². The topological polar surface area (TPSA) is 137 Å². The van der Waals surface area contributed by atoms with Crippen LogP contribution in [0.3, 0.4) is 0 Å². The van der Waals surface area contributed by atoms with Gasteiger partial charge in [0.05, 0.1) is 10.5 Å².